The van der Waals surface area contributed by atoms with Gasteiger partial charge in [0.2, 0.25) is 0 Å². The third-order valence-electron chi connectivity index (χ3n) is 5.36. The molecule has 1 aliphatic heterocycles. The lowest BCUT2D eigenvalue weighted by Gasteiger charge is -2.35. The molecule has 0 spiro atoms. The van der Waals surface area contributed by atoms with Gasteiger partial charge in [0.15, 0.2) is 0 Å². The molecule has 0 radical (unpaired) electrons. The van der Waals surface area contributed by atoms with Gasteiger partial charge in [-0.1, -0.05) is 41.7 Å². The first-order valence-electron chi connectivity index (χ1n) is 9.29. The van der Waals surface area contributed by atoms with Crippen LogP contribution >= 0.6 is 34.8 Å². The number of nitrogens with zero attached hydrogens (tertiary/aromatic N) is 1. The van der Waals surface area contributed by atoms with Gasteiger partial charge in [-0.3, -0.25) is 4.90 Å². The van der Waals surface area contributed by atoms with E-state index in [2.05, 4.69) is 34.3 Å². The zero-order valence-corrected chi connectivity index (χ0v) is 17.4. The fourth-order valence-corrected chi connectivity index (χ4v) is 4.54. The van der Waals surface area contributed by atoms with E-state index in [0.717, 1.165) is 43.2 Å². The predicted octanol–water partition coefficient (Wildman–Crippen LogP) is 6.55. The summed E-state index contributed by atoms with van der Waals surface area (Å²) in [6.07, 6.45) is 2.11. The number of hydrogen-bond acceptors (Lipinski definition) is 2. The van der Waals surface area contributed by atoms with E-state index in [0.29, 0.717) is 16.1 Å². The molecule has 0 bridgehead atoms. The van der Waals surface area contributed by atoms with Crippen LogP contribution in [-0.2, 0) is 6.42 Å². The fraction of sp³-hybridized carbons (Fsp3) is 0.333. The Hall–Kier alpha value is -1.39. The Morgan fingerprint density at radius 1 is 1.11 bits per heavy atom. The van der Waals surface area contributed by atoms with Crippen LogP contribution in [0.25, 0.3) is 10.9 Å². The van der Waals surface area contributed by atoms with Gasteiger partial charge in [-0.15, -0.1) is 0 Å². The molecule has 3 nitrogen and oxygen atoms in total. The van der Waals surface area contributed by atoms with Crippen molar-refractivity contribution in [2.24, 2.45) is 0 Å². The maximum Gasteiger partial charge on any atom is 0.0612 e. The molecule has 1 atom stereocenters. The third kappa shape index (κ3) is 3.79. The van der Waals surface area contributed by atoms with Gasteiger partial charge in [-0.05, 0) is 54.8 Å². The van der Waals surface area contributed by atoms with Gasteiger partial charge >= 0.3 is 0 Å². The molecule has 2 aromatic carbocycles. The van der Waals surface area contributed by atoms with Gasteiger partial charge in [0.05, 0.1) is 10.0 Å². The number of anilines is 1. The lowest BCUT2D eigenvalue weighted by atomic mass is 9.96. The van der Waals surface area contributed by atoms with E-state index in [4.69, 9.17) is 34.8 Å². The Morgan fingerprint density at radius 3 is 2.74 bits per heavy atom. The van der Waals surface area contributed by atoms with Gasteiger partial charge < -0.3 is 10.3 Å². The summed E-state index contributed by atoms with van der Waals surface area (Å²) < 4.78 is 0. The summed E-state index contributed by atoms with van der Waals surface area (Å²) in [5.41, 5.74) is 4.94. The minimum absolute atomic E-state index is 0.399. The van der Waals surface area contributed by atoms with E-state index in [9.17, 15) is 0 Å². The fourth-order valence-electron chi connectivity index (χ4n) is 4.07. The second-order valence-electron chi connectivity index (χ2n) is 6.97. The number of aromatic amines is 1. The summed E-state index contributed by atoms with van der Waals surface area (Å²) in [6, 6.07) is 12.2. The van der Waals surface area contributed by atoms with E-state index in [-0.39, 0.29) is 0 Å². The van der Waals surface area contributed by atoms with E-state index in [1.807, 2.05) is 24.3 Å². The number of H-pyrrole nitrogens is 1. The molecule has 0 aliphatic carbocycles. The van der Waals surface area contributed by atoms with E-state index in [1.165, 1.54) is 22.2 Å². The molecule has 27 heavy (non-hydrogen) atoms. The molecule has 1 unspecified atom stereocenters. The second-order valence-corrected chi connectivity index (χ2v) is 8.22. The van der Waals surface area contributed by atoms with Crippen LogP contribution in [0.4, 0.5) is 5.69 Å². The third-order valence-corrected chi connectivity index (χ3v) is 6.33. The molecule has 1 aromatic heterocycles. The summed E-state index contributed by atoms with van der Waals surface area (Å²) in [4.78, 5) is 6.19. The summed E-state index contributed by atoms with van der Waals surface area (Å²) in [5.74, 6) is 0. The van der Waals surface area contributed by atoms with Gasteiger partial charge in [0, 0.05) is 53.0 Å². The molecular formula is C21H22Cl3N3. The number of hydrogen-bond donors (Lipinski definition) is 2. The molecule has 6 heteroatoms. The van der Waals surface area contributed by atoms with Crippen LogP contribution in [-0.4, -0.2) is 29.5 Å². The number of halogens is 3. The number of fused-ring (bicyclic) bond motifs is 3. The molecule has 2 heterocycles. The van der Waals surface area contributed by atoms with Crippen LogP contribution in [0.2, 0.25) is 15.1 Å². The average Bonchev–Trinajstić information content (AvgIpc) is 3.02. The predicted molar refractivity (Wildman–Crippen MR) is 117 cm³/mol. The highest BCUT2D eigenvalue weighted by Gasteiger charge is 2.28. The molecule has 0 fully saturated rings. The molecule has 3 aromatic rings. The summed E-state index contributed by atoms with van der Waals surface area (Å²) in [5, 5.41) is 6.67. The van der Waals surface area contributed by atoms with E-state index >= 15 is 0 Å². The molecule has 142 valence electrons. The standard InChI is InChI=1S/C21H22Cl3N3/c1-2-20-21-15(16-11-13(22)3-6-19(16)26-21)7-9-27(20)10-8-25-14-4-5-17(23)18(24)12-14/h3-6,11-12,20,25-26H,2,7-10H2,1H3. The van der Waals surface area contributed by atoms with Crippen LogP contribution in [0.5, 0.6) is 0 Å². The van der Waals surface area contributed by atoms with Crippen molar-refractivity contribution >= 4 is 51.4 Å². The maximum atomic E-state index is 6.21. The van der Waals surface area contributed by atoms with E-state index in [1.54, 1.807) is 0 Å². The number of benzene rings is 2. The van der Waals surface area contributed by atoms with Crippen molar-refractivity contribution in [1.82, 2.24) is 9.88 Å². The van der Waals surface area contributed by atoms with Crippen LogP contribution in [0.1, 0.15) is 30.6 Å². The maximum absolute atomic E-state index is 6.21. The molecule has 2 N–H and O–H groups in total. The Bertz CT molecular complexity index is 967. The van der Waals surface area contributed by atoms with Crippen molar-refractivity contribution in [3.8, 4) is 0 Å². The largest absolute Gasteiger partial charge is 0.384 e. The molecule has 0 saturated carbocycles. The molecule has 4 rings (SSSR count). The number of aromatic nitrogens is 1. The summed E-state index contributed by atoms with van der Waals surface area (Å²) in [7, 11) is 0. The molecule has 0 saturated heterocycles. The highest BCUT2D eigenvalue weighted by Crippen LogP contribution is 2.36. The number of rotatable bonds is 5. The van der Waals surface area contributed by atoms with Crippen LogP contribution in [0.15, 0.2) is 36.4 Å². The quantitative estimate of drug-likeness (QED) is 0.488. The second kappa shape index (κ2) is 7.92. The van der Waals surface area contributed by atoms with Crippen LogP contribution in [0.3, 0.4) is 0 Å². The van der Waals surface area contributed by atoms with E-state index < -0.39 is 0 Å². The van der Waals surface area contributed by atoms with Crippen molar-refractivity contribution in [2.75, 3.05) is 25.0 Å². The van der Waals surface area contributed by atoms with Gasteiger partial charge in [0.1, 0.15) is 0 Å². The minimum Gasteiger partial charge on any atom is -0.384 e. The highest BCUT2D eigenvalue weighted by atomic mass is 35.5. The van der Waals surface area contributed by atoms with Gasteiger partial charge in [0.25, 0.3) is 0 Å². The first-order valence-corrected chi connectivity index (χ1v) is 10.4. The topological polar surface area (TPSA) is 31.1 Å². The Morgan fingerprint density at radius 2 is 1.96 bits per heavy atom. The first-order chi connectivity index (χ1) is 13.1. The molecule has 1 aliphatic rings. The van der Waals surface area contributed by atoms with Crippen molar-refractivity contribution in [3.63, 3.8) is 0 Å². The smallest absolute Gasteiger partial charge is 0.0612 e. The van der Waals surface area contributed by atoms with Crippen molar-refractivity contribution in [2.45, 2.75) is 25.8 Å². The van der Waals surface area contributed by atoms with Crippen molar-refractivity contribution < 1.29 is 0 Å². The lowest BCUT2D eigenvalue weighted by molar-refractivity contribution is 0.184. The lowest BCUT2D eigenvalue weighted by Crippen LogP contribution is -2.38. The Labute approximate surface area is 174 Å². The Kier molecular flexibility index (Phi) is 5.56. The summed E-state index contributed by atoms with van der Waals surface area (Å²) in [6.45, 7) is 5.12. The van der Waals surface area contributed by atoms with Crippen molar-refractivity contribution in [3.05, 3.63) is 62.7 Å². The number of nitrogens with one attached hydrogen (secondary N) is 2. The van der Waals surface area contributed by atoms with Crippen LogP contribution in [0, 0.1) is 0 Å². The normalized spacial score (nSPS) is 17.3. The zero-order valence-electron chi connectivity index (χ0n) is 15.2. The van der Waals surface area contributed by atoms with Gasteiger partial charge in [-0.25, -0.2) is 0 Å². The monoisotopic (exact) mass is 421 g/mol. The Balaban J connectivity index is 1.48. The van der Waals surface area contributed by atoms with Gasteiger partial charge in [-0.2, -0.15) is 0 Å². The zero-order chi connectivity index (χ0) is 19.0. The van der Waals surface area contributed by atoms with Crippen LogP contribution < -0.4 is 5.32 Å². The average molecular weight is 423 g/mol. The summed E-state index contributed by atoms with van der Waals surface area (Å²) >= 11 is 18.3. The minimum atomic E-state index is 0.399. The van der Waals surface area contributed by atoms with Crippen molar-refractivity contribution in [1.29, 1.82) is 0 Å². The SMILES string of the molecule is CCC1c2[nH]c3ccc(Cl)cc3c2CCN1CCNc1ccc(Cl)c(Cl)c1. The molecular weight excluding hydrogens is 401 g/mol. The molecule has 0 amide bonds. The first kappa shape index (κ1) is 18.9. The highest BCUT2D eigenvalue weighted by molar-refractivity contribution is 6.42.